The quantitative estimate of drug-likeness (QED) is 0.242. The van der Waals surface area contributed by atoms with Gasteiger partial charge in [-0.2, -0.15) is 5.10 Å². The molecule has 0 amide bonds. The van der Waals surface area contributed by atoms with E-state index in [1.165, 1.54) is 0 Å². The maximum Gasteiger partial charge on any atom is 0.164 e. The SMILES string of the molecule is COc1cc2c(-c3cc(Br)ccc3O)nc3c(c(-c4ccccc4)nn3-c3ccccc3)c2cc1OC. The van der Waals surface area contributed by atoms with Gasteiger partial charge in [0.05, 0.1) is 31.0 Å². The molecule has 4 aromatic carbocycles. The summed E-state index contributed by atoms with van der Waals surface area (Å²) in [7, 11) is 3.23. The Morgan fingerprint density at radius 1 is 0.757 bits per heavy atom. The van der Waals surface area contributed by atoms with Gasteiger partial charge in [-0.25, -0.2) is 9.67 Å². The third-order valence-corrected chi connectivity index (χ3v) is 6.88. The zero-order valence-corrected chi connectivity index (χ0v) is 21.7. The molecule has 2 aromatic heterocycles. The molecule has 1 N–H and O–H groups in total. The second-order valence-corrected chi connectivity index (χ2v) is 9.45. The van der Waals surface area contributed by atoms with Crippen molar-refractivity contribution in [2.45, 2.75) is 0 Å². The molecule has 0 spiro atoms. The minimum absolute atomic E-state index is 0.125. The summed E-state index contributed by atoms with van der Waals surface area (Å²) in [5, 5.41) is 18.5. The number of pyridine rings is 1. The molecule has 0 bridgehead atoms. The minimum Gasteiger partial charge on any atom is -0.507 e. The lowest BCUT2D eigenvalue weighted by Gasteiger charge is -2.14. The van der Waals surface area contributed by atoms with Crippen LogP contribution in [0, 0.1) is 0 Å². The summed E-state index contributed by atoms with van der Waals surface area (Å²) in [6, 6.07) is 29.1. The molecule has 0 saturated heterocycles. The minimum atomic E-state index is 0.125. The average Bonchev–Trinajstić information content (AvgIpc) is 3.34. The van der Waals surface area contributed by atoms with Crippen molar-refractivity contribution in [3.8, 4) is 45.5 Å². The van der Waals surface area contributed by atoms with Gasteiger partial charge < -0.3 is 14.6 Å². The molecule has 0 saturated carbocycles. The Hall–Kier alpha value is -4.36. The monoisotopic (exact) mass is 551 g/mol. The van der Waals surface area contributed by atoms with Gasteiger partial charge in [-0.15, -0.1) is 0 Å². The van der Waals surface area contributed by atoms with Gasteiger partial charge in [0.25, 0.3) is 0 Å². The first kappa shape index (κ1) is 23.1. The Kier molecular flexibility index (Phi) is 5.77. The zero-order chi connectivity index (χ0) is 25.5. The first-order valence-electron chi connectivity index (χ1n) is 11.7. The number of phenols is 1. The predicted octanol–water partition coefficient (Wildman–Crippen LogP) is 7.39. The number of methoxy groups -OCH3 is 2. The van der Waals surface area contributed by atoms with E-state index < -0.39 is 0 Å². The van der Waals surface area contributed by atoms with Gasteiger partial charge in [0.1, 0.15) is 11.4 Å². The van der Waals surface area contributed by atoms with Crippen LogP contribution in [-0.4, -0.2) is 34.1 Å². The summed E-state index contributed by atoms with van der Waals surface area (Å²) >= 11 is 3.54. The van der Waals surface area contributed by atoms with E-state index in [1.807, 2.05) is 83.5 Å². The molecule has 6 rings (SSSR count). The van der Waals surface area contributed by atoms with Gasteiger partial charge in [0.2, 0.25) is 0 Å². The van der Waals surface area contributed by atoms with Crippen LogP contribution in [0.4, 0.5) is 0 Å². The van der Waals surface area contributed by atoms with Gasteiger partial charge in [0, 0.05) is 26.4 Å². The van der Waals surface area contributed by atoms with Crippen molar-refractivity contribution in [2.24, 2.45) is 0 Å². The normalized spacial score (nSPS) is 11.2. The predicted molar refractivity (Wildman–Crippen MR) is 150 cm³/mol. The second-order valence-electron chi connectivity index (χ2n) is 8.54. The summed E-state index contributed by atoms with van der Waals surface area (Å²) in [6.45, 7) is 0. The van der Waals surface area contributed by atoms with Crippen LogP contribution >= 0.6 is 15.9 Å². The van der Waals surface area contributed by atoms with E-state index in [0.717, 1.165) is 37.6 Å². The maximum absolute atomic E-state index is 10.9. The number of aromatic hydroxyl groups is 1. The number of para-hydroxylation sites is 1. The fraction of sp³-hybridized carbons (Fsp3) is 0.0667. The van der Waals surface area contributed by atoms with Crippen LogP contribution in [0.3, 0.4) is 0 Å². The van der Waals surface area contributed by atoms with Crippen molar-refractivity contribution >= 4 is 37.7 Å². The first-order valence-corrected chi connectivity index (χ1v) is 12.5. The van der Waals surface area contributed by atoms with E-state index >= 15 is 0 Å². The van der Waals surface area contributed by atoms with Crippen molar-refractivity contribution in [1.82, 2.24) is 14.8 Å². The molecule has 0 aliphatic carbocycles. The van der Waals surface area contributed by atoms with E-state index in [2.05, 4.69) is 15.9 Å². The molecule has 6 nitrogen and oxygen atoms in total. The Morgan fingerprint density at radius 3 is 2.08 bits per heavy atom. The smallest absolute Gasteiger partial charge is 0.164 e. The standard InChI is InChI=1S/C30H22BrN3O3/c1-36-25-16-21-22(17-26(25)37-2)29(23-15-19(31)13-14-24(23)35)32-30-27(21)28(18-9-5-3-6-10-18)33-34(30)20-11-7-4-8-12-20/h3-17,35H,1-2H3. The van der Waals surface area contributed by atoms with Crippen molar-refractivity contribution < 1.29 is 14.6 Å². The number of halogens is 1. The largest absolute Gasteiger partial charge is 0.507 e. The van der Waals surface area contributed by atoms with Crippen LogP contribution in [-0.2, 0) is 0 Å². The molecule has 7 heteroatoms. The topological polar surface area (TPSA) is 69.4 Å². The lowest BCUT2D eigenvalue weighted by molar-refractivity contribution is 0.356. The van der Waals surface area contributed by atoms with Gasteiger partial charge in [-0.05, 0) is 42.5 Å². The number of nitrogens with zero attached hydrogens (tertiary/aromatic N) is 3. The van der Waals surface area contributed by atoms with Gasteiger partial charge in [0.15, 0.2) is 17.1 Å². The molecule has 2 heterocycles. The summed E-state index contributed by atoms with van der Waals surface area (Å²) in [5.41, 5.74) is 4.52. The molecular weight excluding hydrogens is 530 g/mol. The number of fused-ring (bicyclic) bond motifs is 3. The molecule has 37 heavy (non-hydrogen) atoms. The highest BCUT2D eigenvalue weighted by molar-refractivity contribution is 9.10. The number of benzene rings is 4. The van der Waals surface area contributed by atoms with E-state index in [9.17, 15) is 5.11 Å². The highest BCUT2D eigenvalue weighted by Crippen LogP contribution is 2.44. The molecule has 0 aliphatic heterocycles. The van der Waals surface area contributed by atoms with Crippen LogP contribution in [0.25, 0.3) is 50.0 Å². The first-order chi connectivity index (χ1) is 18.1. The van der Waals surface area contributed by atoms with Gasteiger partial charge in [-0.3, -0.25) is 0 Å². The molecule has 0 radical (unpaired) electrons. The second kappa shape index (κ2) is 9.26. The number of ether oxygens (including phenoxy) is 2. The zero-order valence-electron chi connectivity index (χ0n) is 20.1. The maximum atomic E-state index is 10.9. The summed E-state index contributed by atoms with van der Waals surface area (Å²) in [4.78, 5) is 5.15. The number of aromatic nitrogens is 3. The van der Waals surface area contributed by atoms with Crippen molar-refractivity contribution in [1.29, 1.82) is 0 Å². The third kappa shape index (κ3) is 3.88. The number of rotatable bonds is 5. The third-order valence-electron chi connectivity index (χ3n) is 6.39. The van der Waals surface area contributed by atoms with Crippen LogP contribution in [0.5, 0.6) is 17.2 Å². The van der Waals surface area contributed by atoms with E-state index in [0.29, 0.717) is 28.4 Å². The summed E-state index contributed by atoms with van der Waals surface area (Å²) < 4.78 is 14.0. The van der Waals surface area contributed by atoms with Crippen molar-refractivity contribution in [3.05, 3.63) is 95.5 Å². The Balaban J connectivity index is 1.84. The molecular formula is C30H22BrN3O3. The van der Waals surface area contributed by atoms with Crippen molar-refractivity contribution in [2.75, 3.05) is 14.2 Å². The van der Waals surface area contributed by atoms with Crippen LogP contribution < -0.4 is 9.47 Å². The number of hydrogen-bond acceptors (Lipinski definition) is 5. The molecule has 0 aliphatic rings. The average molecular weight is 552 g/mol. The summed E-state index contributed by atoms with van der Waals surface area (Å²) in [5.74, 6) is 1.29. The molecule has 6 aromatic rings. The fourth-order valence-electron chi connectivity index (χ4n) is 4.66. The fourth-order valence-corrected chi connectivity index (χ4v) is 5.02. The Labute approximate surface area is 221 Å². The number of hydrogen-bond donors (Lipinski definition) is 1. The van der Waals surface area contributed by atoms with Crippen LogP contribution in [0.2, 0.25) is 0 Å². The molecule has 0 unspecified atom stereocenters. The molecule has 0 fully saturated rings. The van der Waals surface area contributed by atoms with E-state index in [1.54, 1.807) is 26.4 Å². The highest BCUT2D eigenvalue weighted by atomic mass is 79.9. The van der Waals surface area contributed by atoms with Crippen molar-refractivity contribution in [3.63, 3.8) is 0 Å². The lowest BCUT2D eigenvalue weighted by Crippen LogP contribution is -1.99. The molecule has 182 valence electrons. The Bertz CT molecular complexity index is 1770. The number of phenolic OH excluding ortho intramolecular Hbond substituents is 1. The summed E-state index contributed by atoms with van der Waals surface area (Å²) in [6.07, 6.45) is 0. The van der Waals surface area contributed by atoms with E-state index in [-0.39, 0.29) is 5.75 Å². The molecule has 0 atom stereocenters. The van der Waals surface area contributed by atoms with Gasteiger partial charge >= 0.3 is 0 Å². The van der Waals surface area contributed by atoms with Crippen LogP contribution in [0.1, 0.15) is 0 Å². The van der Waals surface area contributed by atoms with Crippen LogP contribution in [0.15, 0.2) is 95.5 Å². The van der Waals surface area contributed by atoms with E-state index in [4.69, 9.17) is 19.6 Å². The highest BCUT2D eigenvalue weighted by Gasteiger charge is 2.23. The van der Waals surface area contributed by atoms with Gasteiger partial charge in [-0.1, -0.05) is 64.5 Å². The lowest BCUT2D eigenvalue weighted by atomic mass is 9.98. The Morgan fingerprint density at radius 2 is 1.41 bits per heavy atom.